The lowest BCUT2D eigenvalue weighted by molar-refractivity contribution is 0.322. The van der Waals surface area contributed by atoms with Crippen LogP contribution >= 0.6 is 0 Å². The fourth-order valence-electron chi connectivity index (χ4n) is 0.138. The first kappa shape index (κ1) is 5.89. The standard InChI is InChI=1S/C4H7FO/c5-3-1-2-4-6/h2-3,6H,1,4H2. The Bertz CT molecular complexity index is 19.5. The highest BCUT2D eigenvalue weighted by Gasteiger charge is 1.80. The van der Waals surface area contributed by atoms with E-state index in [9.17, 15) is 4.39 Å². The summed E-state index contributed by atoms with van der Waals surface area (Å²) in [6.45, 7) is 0.455. The van der Waals surface area contributed by atoms with E-state index in [-0.39, 0.29) is 13.0 Å². The van der Waals surface area contributed by atoms with E-state index in [0.29, 0.717) is 6.67 Å². The van der Waals surface area contributed by atoms with Gasteiger partial charge in [0.05, 0.1) is 0 Å². The summed E-state index contributed by atoms with van der Waals surface area (Å²) in [4.78, 5) is 0. The van der Waals surface area contributed by atoms with Crippen LogP contribution < -0.4 is 0 Å². The molecule has 0 aromatic heterocycles. The fourth-order valence-corrected chi connectivity index (χ4v) is 0.138. The largest absolute Gasteiger partial charge is 0.396 e. The van der Waals surface area contributed by atoms with Crippen LogP contribution in [0, 0.1) is 13.1 Å². The molecule has 0 amide bonds. The predicted octanol–water partition coefficient (Wildman–Crippen LogP) is 0.704. The van der Waals surface area contributed by atoms with Crippen LogP contribution in [0.4, 0.5) is 4.39 Å². The third-order valence-corrected chi connectivity index (χ3v) is 0.385. The van der Waals surface area contributed by atoms with Gasteiger partial charge in [-0.15, -0.1) is 0 Å². The van der Waals surface area contributed by atoms with Crippen LogP contribution in [0.5, 0.6) is 0 Å². The monoisotopic (exact) mass is 90.0 g/mol. The summed E-state index contributed by atoms with van der Waals surface area (Å²) in [6, 6.07) is 0. The van der Waals surface area contributed by atoms with E-state index in [1.54, 1.807) is 0 Å². The van der Waals surface area contributed by atoms with E-state index in [1.807, 2.05) is 0 Å². The molecule has 0 aliphatic heterocycles. The fraction of sp³-hybridized carbons (Fsp3) is 0.500. The van der Waals surface area contributed by atoms with Crippen molar-refractivity contribution in [2.24, 2.45) is 0 Å². The smallest absolute Gasteiger partial charge is 0.132 e. The molecule has 2 radical (unpaired) electrons. The first-order chi connectivity index (χ1) is 2.91. The van der Waals surface area contributed by atoms with E-state index >= 15 is 0 Å². The van der Waals surface area contributed by atoms with Gasteiger partial charge in [0.25, 0.3) is 0 Å². The maximum Gasteiger partial charge on any atom is 0.132 e. The molecule has 1 N–H and O–H groups in total. The van der Waals surface area contributed by atoms with Crippen LogP contribution in [0.2, 0.25) is 0 Å². The lowest BCUT2D eigenvalue weighted by Gasteiger charge is -1.82. The van der Waals surface area contributed by atoms with Gasteiger partial charge in [0.2, 0.25) is 0 Å². The molecule has 0 spiro atoms. The van der Waals surface area contributed by atoms with Gasteiger partial charge in [0, 0.05) is 6.61 Å². The summed E-state index contributed by atoms with van der Waals surface area (Å²) in [7, 11) is 0. The van der Waals surface area contributed by atoms with Crippen LogP contribution in [0.25, 0.3) is 0 Å². The van der Waals surface area contributed by atoms with Crippen LogP contribution in [-0.4, -0.2) is 11.7 Å². The molecule has 2 heteroatoms. The van der Waals surface area contributed by atoms with Crippen molar-refractivity contribution < 1.29 is 9.50 Å². The Morgan fingerprint density at radius 1 is 1.67 bits per heavy atom. The van der Waals surface area contributed by atoms with E-state index < -0.39 is 0 Å². The lowest BCUT2D eigenvalue weighted by Crippen LogP contribution is -1.80. The number of rotatable bonds is 3. The number of hydrogen-bond acceptors (Lipinski definition) is 1. The molecule has 0 fully saturated rings. The Morgan fingerprint density at radius 2 is 2.33 bits per heavy atom. The van der Waals surface area contributed by atoms with Crippen LogP contribution in [0.3, 0.4) is 0 Å². The summed E-state index contributed by atoms with van der Waals surface area (Å²) in [5.74, 6) is 0. The van der Waals surface area contributed by atoms with E-state index in [4.69, 9.17) is 5.11 Å². The molecule has 0 saturated heterocycles. The quantitative estimate of drug-likeness (QED) is 0.506. The van der Waals surface area contributed by atoms with Gasteiger partial charge in [0.1, 0.15) is 6.67 Å². The van der Waals surface area contributed by atoms with Crippen molar-refractivity contribution in [2.45, 2.75) is 6.42 Å². The predicted molar refractivity (Wildman–Crippen MR) is 21.4 cm³/mol. The average molecular weight is 90.1 g/mol. The molecule has 0 rings (SSSR count). The summed E-state index contributed by atoms with van der Waals surface area (Å²) >= 11 is 0. The van der Waals surface area contributed by atoms with Crippen molar-refractivity contribution >= 4 is 0 Å². The number of hydrogen-bond donors (Lipinski definition) is 1. The molecule has 36 valence electrons. The Labute approximate surface area is 36.8 Å². The Hall–Kier alpha value is -0.110. The zero-order chi connectivity index (χ0) is 4.83. The highest BCUT2D eigenvalue weighted by Crippen LogP contribution is 1.88. The van der Waals surface area contributed by atoms with Crippen LogP contribution in [0.15, 0.2) is 0 Å². The topological polar surface area (TPSA) is 20.2 Å². The number of aliphatic hydroxyl groups excluding tert-OH is 1. The minimum absolute atomic E-state index is 0.0413. The molecule has 0 saturated carbocycles. The number of aliphatic hydroxyl groups is 1. The molecule has 1 nitrogen and oxygen atoms in total. The lowest BCUT2D eigenvalue weighted by atomic mass is 10.4. The molecule has 0 aromatic carbocycles. The summed E-state index contributed by atoms with van der Waals surface area (Å²) < 4.78 is 10.9. The third kappa shape index (κ3) is 3.89. The molecule has 0 aliphatic carbocycles. The highest BCUT2D eigenvalue weighted by atomic mass is 19.1. The maximum atomic E-state index is 10.9. The van der Waals surface area contributed by atoms with Gasteiger partial charge in [-0.3, -0.25) is 0 Å². The molecular formula is C4H7FO. The summed E-state index contributed by atoms with van der Waals surface area (Å²) in [5, 5.41) is 7.96. The molecule has 0 aromatic rings. The maximum absolute atomic E-state index is 10.9. The highest BCUT2D eigenvalue weighted by molar-refractivity contribution is 4.65. The Morgan fingerprint density at radius 3 is 2.50 bits per heavy atom. The van der Waals surface area contributed by atoms with Gasteiger partial charge in [0.15, 0.2) is 0 Å². The molecule has 0 atom stereocenters. The van der Waals surface area contributed by atoms with Crippen molar-refractivity contribution in [3.63, 3.8) is 0 Å². The molecule has 0 heterocycles. The normalized spacial score (nSPS) is 9.00. The second-order valence-electron chi connectivity index (χ2n) is 0.861. The SMILES string of the molecule is OC[CH]C[CH]F. The first-order valence-corrected chi connectivity index (χ1v) is 1.76. The van der Waals surface area contributed by atoms with E-state index in [2.05, 4.69) is 0 Å². The van der Waals surface area contributed by atoms with Gasteiger partial charge < -0.3 is 5.11 Å². The third-order valence-electron chi connectivity index (χ3n) is 0.385. The van der Waals surface area contributed by atoms with Gasteiger partial charge in [-0.25, -0.2) is 4.39 Å². The second kappa shape index (κ2) is 4.89. The van der Waals surface area contributed by atoms with E-state index in [0.717, 1.165) is 0 Å². The first-order valence-electron chi connectivity index (χ1n) is 1.76. The van der Waals surface area contributed by atoms with Crippen molar-refractivity contribution in [3.05, 3.63) is 13.1 Å². The average Bonchev–Trinajstić information content (AvgIpc) is 1.61. The summed E-state index contributed by atoms with van der Waals surface area (Å²) in [6.07, 6.45) is 1.68. The molecule has 0 bridgehead atoms. The second-order valence-corrected chi connectivity index (χ2v) is 0.861. The molecule has 6 heavy (non-hydrogen) atoms. The van der Waals surface area contributed by atoms with Gasteiger partial charge in [-0.1, -0.05) is 0 Å². The molecule has 0 aliphatic rings. The van der Waals surface area contributed by atoms with Crippen molar-refractivity contribution in [1.82, 2.24) is 0 Å². The van der Waals surface area contributed by atoms with Gasteiger partial charge >= 0.3 is 0 Å². The van der Waals surface area contributed by atoms with Crippen LogP contribution in [0.1, 0.15) is 6.42 Å². The number of unbranched alkanes of at least 4 members (excludes halogenated alkanes) is 1. The van der Waals surface area contributed by atoms with Gasteiger partial charge in [-0.05, 0) is 12.8 Å². The van der Waals surface area contributed by atoms with Crippen molar-refractivity contribution in [3.8, 4) is 0 Å². The molecular weight excluding hydrogens is 83.0 g/mol. The van der Waals surface area contributed by atoms with Crippen LogP contribution in [-0.2, 0) is 0 Å². The van der Waals surface area contributed by atoms with E-state index in [1.165, 1.54) is 6.42 Å². The minimum atomic E-state index is -0.0413. The number of halogens is 1. The van der Waals surface area contributed by atoms with Crippen molar-refractivity contribution in [1.29, 1.82) is 0 Å². The Kier molecular flexibility index (Phi) is 4.80. The van der Waals surface area contributed by atoms with Gasteiger partial charge in [-0.2, -0.15) is 0 Å². The minimum Gasteiger partial charge on any atom is -0.396 e. The zero-order valence-electron chi connectivity index (χ0n) is 3.39. The summed E-state index contributed by atoms with van der Waals surface area (Å²) in [5.41, 5.74) is 0. The molecule has 0 unspecified atom stereocenters. The Balaban J connectivity index is 2.34. The zero-order valence-corrected chi connectivity index (χ0v) is 3.39. The van der Waals surface area contributed by atoms with Crippen molar-refractivity contribution in [2.75, 3.05) is 6.61 Å².